The molecule has 1 amide bonds. The van der Waals surface area contributed by atoms with Crippen molar-refractivity contribution in [2.24, 2.45) is 5.92 Å². The minimum Gasteiger partial charge on any atom is -1.00 e. The smallest absolute Gasteiger partial charge is 1.00 e. The van der Waals surface area contributed by atoms with Gasteiger partial charge in [0.1, 0.15) is 6.04 Å². The Morgan fingerprint density at radius 2 is 1.55 bits per heavy atom. The van der Waals surface area contributed by atoms with E-state index >= 15 is 0 Å². The summed E-state index contributed by atoms with van der Waals surface area (Å²) in [5.74, 6) is -0.784. The maximum absolute atomic E-state index is 12.9. The molecule has 11 nitrogen and oxygen atoms in total. The molecule has 38 heavy (non-hydrogen) atoms. The summed E-state index contributed by atoms with van der Waals surface area (Å²) in [5.41, 5.74) is 3.66. The van der Waals surface area contributed by atoms with Gasteiger partial charge in [-0.3, -0.25) is 4.79 Å². The first-order chi connectivity index (χ1) is 15.4. The fraction of sp³-hybridized carbons (Fsp3) is 0.375. The van der Waals surface area contributed by atoms with E-state index in [-0.39, 0.29) is 128 Å². The van der Waals surface area contributed by atoms with E-state index in [2.05, 4.69) is 20.6 Å². The summed E-state index contributed by atoms with van der Waals surface area (Å²) in [6, 6.07) is 14.7. The Morgan fingerprint density at radius 1 is 0.974 bits per heavy atom. The first-order valence-electron chi connectivity index (χ1n) is 10.9. The van der Waals surface area contributed by atoms with Crippen LogP contribution in [-0.2, 0) is 16.1 Å². The number of carbonyl (C=O) groups excluding carboxylic acids is 1. The molecule has 8 N–H and O–H groups in total. The standard InChI is InChI=1S/C24H29N5O3.3Na.3H2O.3H/c1-4-5-10-21(30)29(22(16(2)3)24(31)32)15-17-11-13-18(14-12-17)19-8-6-7-9-20(19)23-25-27-28-26-23;;;;;;;;;/h6-9,11-14,16,22H,4-5,10,15H2,1-3H3,(H,31,32)(H,25,26,27,28);;;;3*1H2;;;/q;3*+1;;;;3*-1/t22-;;;;;;;;;/m0........./s1. The Labute approximate surface area is 293 Å². The van der Waals surface area contributed by atoms with Gasteiger partial charge in [0.05, 0.1) is 0 Å². The first kappa shape index (κ1) is 44.4. The van der Waals surface area contributed by atoms with Crippen LogP contribution in [-0.4, -0.2) is 65.0 Å². The van der Waals surface area contributed by atoms with Crippen molar-refractivity contribution in [1.29, 1.82) is 0 Å². The topological polar surface area (TPSA) is 207 Å². The number of aromatic amines is 1. The number of unbranched alkanes of at least 4 members (excludes halogenated alkanes) is 1. The van der Waals surface area contributed by atoms with Gasteiger partial charge in [-0.2, -0.15) is 5.21 Å². The van der Waals surface area contributed by atoms with E-state index in [0.29, 0.717) is 12.2 Å². The van der Waals surface area contributed by atoms with Crippen LogP contribution in [0.3, 0.4) is 0 Å². The molecule has 2 aromatic carbocycles. The third-order valence-electron chi connectivity index (χ3n) is 5.42. The van der Waals surface area contributed by atoms with Gasteiger partial charge in [-0.15, -0.1) is 10.2 Å². The molecule has 0 spiro atoms. The fourth-order valence-corrected chi connectivity index (χ4v) is 3.78. The molecule has 3 rings (SSSR count). The van der Waals surface area contributed by atoms with Gasteiger partial charge in [0, 0.05) is 18.5 Å². The van der Waals surface area contributed by atoms with Gasteiger partial charge < -0.3 is 30.7 Å². The summed E-state index contributed by atoms with van der Waals surface area (Å²) >= 11 is 0. The molecule has 0 bridgehead atoms. The maximum Gasteiger partial charge on any atom is 1.00 e. The largest absolute Gasteiger partial charge is 1.00 e. The number of nitrogens with one attached hydrogen (secondary N) is 1. The number of aliphatic carboxylic acids is 1. The van der Waals surface area contributed by atoms with Gasteiger partial charge in [-0.1, -0.05) is 75.7 Å². The molecule has 0 saturated heterocycles. The molecule has 0 aliphatic heterocycles. The van der Waals surface area contributed by atoms with Gasteiger partial charge in [0.15, 0.2) is 0 Å². The molecule has 14 heteroatoms. The summed E-state index contributed by atoms with van der Waals surface area (Å²) in [6.45, 7) is 5.93. The van der Waals surface area contributed by atoms with E-state index in [1.54, 1.807) is 0 Å². The Bertz CT molecular complexity index is 1070. The van der Waals surface area contributed by atoms with Gasteiger partial charge in [-0.05, 0) is 34.2 Å². The van der Waals surface area contributed by atoms with Crippen molar-refractivity contribution in [1.82, 2.24) is 25.5 Å². The number of hydrogen-bond acceptors (Lipinski definition) is 5. The molecular formula is C24H38N5Na3O6. The normalized spacial score (nSPS) is 10.1. The number of carboxylic acids is 1. The van der Waals surface area contributed by atoms with Crippen LogP contribution in [0.1, 0.15) is 49.9 Å². The molecule has 0 radical (unpaired) electrons. The summed E-state index contributed by atoms with van der Waals surface area (Å²) in [4.78, 5) is 26.3. The maximum atomic E-state index is 12.9. The number of H-pyrrole nitrogens is 1. The Morgan fingerprint density at radius 3 is 2.03 bits per heavy atom. The van der Waals surface area contributed by atoms with Crippen molar-refractivity contribution >= 4 is 11.9 Å². The summed E-state index contributed by atoms with van der Waals surface area (Å²) in [6.07, 6.45) is 1.97. The molecule has 3 aromatic rings. The molecule has 198 valence electrons. The molecule has 1 aromatic heterocycles. The number of aromatic nitrogens is 4. The predicted molar refractivity (Wildman–Crippen MR) is 136 cm³/mol. The molecule has 1 atom stereocenters. The Hall–Kier alpha value is -0.670. The van der Waals surface area contributed by atoms with Crippen LogP contribution in [0.25, 0.3) is 22.5 Å². The van der Waals surface area contributed by atoms with E-state index in [1.807, 2.05) is 69.3 Å². The van der Waals surface area contributed by atoms with Gasteiger partial charge >= 0.3 is 94.6 Å². The van der Waals surface area contributed by atoms with Crippen molar-refractivity contribution in [3.63, 3.8) is 0 Å². The number of carboxylic acid groups (broad SMARTS) is 1. The second-order valence-electron chi connectivity index (χ2n) is 8.13. The monoisotopic (exact) mass is 561 g/mol. The molecule has 0 unspecified atom stereocenters. The van der Waals surface area contributed by atoms with Crippen molar-refractivity contribution < 1.29 is 124 Å². The van der Waals surface area contributed by atoms with Crippen LogP contribution in [0.2, 0.25) is 0 Å². The number of nitrogens with zero attached hydrogens (tertiary/aromatic N) is 4. The van der Waals surface area contributed by atoms with Crippen molar-refractivity contribution in [2.45, 2.75) is 52.6 Å². The van der Waals surface area contributed by atoms with Crippen molar-refractivity contribution in [2.75, 3.05) is 0 Å². The molecule has 1 heterocycles. The average molecular weight is 562 g/mol. The van der Waals surface area contributed by atoms with E-state index in [1.165, 1.54) is 4.90 Å². The number of tetrazole rings is 1. The fourth-order valence-electron chi connectivity index (χ4n) is 3.78. The average Bonchev–Trinajstić information content (AvgIpc) is 3.32. The van der Waals surface area contributed by atoms with Crippen LogP contribution >= 0.6 is 0 Å². The minimum atomic E-state index is -0.976. The second-order valence-corrected chi connectivity index (χ2v) is 8.13. The third-order valence-corrected chi connectivity index (χ3v) is 5.42. The number of carbonyl (C=O) groups is 2. The number of benzene rings is 2. The Balaban J connectivity index is -0.000000257. The molecule has 0 fully saturated rings. The van der Waals surface area contributed by atoms with Crippen LogP contribution in [0.4, 0.5) is 0 Å². The van der Waals surface area contributed by atoms with E-state index in [0.717, 1.165) is 35.1 Å². The zero-order chi connectivity index (χ0) is 23.1. The van der Waals surface area contributed by atoms with E-state index < -0.39 is 12.0 Å². The van der Waals surface area contributed by atoms with Crippen LogP contribution in [0.15, 0.2) is 48.5 Å². The molecule has 0 aliphatic carbocycles. The van der Waals surface area contributed by atoms with Crippen molar-refractivity contribution in [3.05, 3.63) is 54.1 Å². The third kappa shape index (κ3) is 11.8. The first-order valence-corrected chi connectivity index (χ1v) is 10.9. The summed E-state index contributed by atoms with van der Waals surface area (Å²) in [7, 11) is 0. The van der Waals surface area contributed by atoms with E-state index in [4.69, 9.17) is 0 Å². The predicted octanol–water partition coefficient (Wildman–Crippen LogP) is -6.96. The number of rotatable bonds is 10. The van der Waals surface area contributed by atoms with Gasteiger partial charge in [-0.25, -0.2) is 4.79 Å². The number of amides is 1. The molecule has 0 saturated carbocycles. The summed E-state index contributed by atoms with van der Waals surface area (Å²) in [5, 5.41) is 24.0. The van der Waals surface area contributed by atoms with E-state index in [9.17, 15) is 14.7 Å². The van der Waals surface area contributed by atoms with Gasteiger partial charge in [0.25, 0.3) is 0 Å². The zero-order valence-corrected chi connectivity index (χ0v) is 29.2. The Kier molecular flexibility index (Phi) is 25.8. The second kappa shape index (κ2) is 22.1. The summed E-state index contributed by atoms with van der Waals surface area (Å²) < 4.78 is 0. The SMILES string of the molecule is CCCCC(=O)N(Cc1ccc(-c2ccccc2-c2nn[nH]n2)cc1)[C@H](C(=O)O)C(C)C.O.O.O.[H-].[H-].[H-].[Na+].[Na+].[Na+]. The molecular weight excluding hydrogens is 523 g/mol. The van der Waals surface area contributed by atoms with Crippen molar-refractivity contribution in [3.8, 4) is 22.5 Å². The minimum absolute atomic E-state index is 0. The van der Waals surface area contributed by atoms with Crippen LogP contribution in [0, 0.1) is 5.92 Å². The quantitative estimate of drug-likeness (QED) is 0.230. The number of hydrogen-bond donors (Lipinski definition) is 2. The van der Waals surface area contributed by atoms with Crippen LogP contribution < -0.4 is 88.7 Å². The molecule has 0 aliphatic rings. The van der Waals surface area contributed by atoms with Crippen LogP contribution in [0.5, 0.6) is 0 Å². The van der Waals surface area contributed by atoms with Gasteiger partial charge in [0.2, 0.25) is 11.7 Å². The zero-order valence-electron chi connectivity index (χ0n) is 26.2.